The molecule has 204 valence electrons. The maximum Gasteiger partial charge on any atom is 0.297 e. The van der Waals surface area contributed by atoms with Gasteiger partial charge in [0.25, 0.3) is 11.8 Å². The van der Waals surface area contributed by atoms with Crippen LogP contribution in [0.3, 0.4) is 0 Å². The first-order valence-electron chi connectivity index (χ1n) is 12.8. The topological polar surface area (TPSA) is 96.6 Å². The third kappa shape index (κ3) is 3.56. The molecule has 8 nitrogen and oxygen atoms in total. The highest BCUT2D eigenvalue weighted by atomic mass is 35.5. The standard InChI is InChI=1S/C30H20Cl2N4O4S/c1-15(2)26-33-34-29(41-26)36-27(38)25-23(24(37)18-13-17(31)11-12-22(18)40-25)30(36)19-8-4-6-10-21(19)35(28(30)39)14-16-7-3-5-9-20(16)32/h3-13,15H,14H2,1-2H3. The predicted molar refractivity (Wildman–Crippen MR) is 158 cm³/mol. The minimum absolute atomic E-state index is 0.0325. The molecule has 2 amide bonds. The van der Waals surface area contributed by atoms with E-state index in [1.807, 2.05) is 32.0 Å². The average Bonchev–Trinajstić information content (AvgIpc) is 3.61. The maximum absolute atomic E-state index is 14.9. The molecular formula is C30H20Cl2N4O4S. The van der Waals surface area contributed by atoms with E-state index in [0.717, 1.165) is 0 Å². The SMILES string of the molecule is CC(C)c1nnc(N2C(=O)c3oc4ccc(Cl)cc4c(=O)c3C23C(=O)N(Cc2ccccc2Cl)c2ccccc23)s1. The molecule has 1 atom stereocenters. The quantitative estimate of drug-likeness (QED) is 0.232. The lowest BCUT2D eigenvalue weighted by Gasteiger charge is -2.32. The van der Waals surface area contributed by atoms with Gasteiger partial charge >= 0.3 is 0 Å². The van der Waals surface area contributed by atoms with Gasteiger partial charge in [-0.25, -0.2) is 0 Å². The van der Waals surface area contributed by atoms with Gasteiger partial charge in [0.1, 0.15) is 10.6 Å². The summed E-state index contributed by atoms with van der Waals surface area (Å²) in [5.41, 5.74) is -0.569. The fourth-order valence-electron chi connectivity index (χ4n) is 5.64. The number of fused-ring (bicyclic) bond motifs is 5. The van der Waals surface area contributed by atoms with Gasteiger partial charge in [-0.3, -0.25) is 19.3 Å². The van der Waals surface area contributed by atoms with E-state index in [4.69, 9.17) is 27.6 Å². The van der Waals surface area contributed by atoms with Gasteiger partial charge in [0.05, 0.1) is 23.2 Å². The van der Waals surface area contributed by atoms with Crippen molar-refractivity contribution in [3.8, 4) is 0 Å². The number of benzene rings is 3. The number of halogens is 2. The van der Waals surface area contributed by atoms with Crippen molar-refractivity contribution in [3.63, 3.8) is 0 Å². The molecule has 2 aromatic heterocycles. The van der Waals surface area contributed by atoms with Crippen LogP contribution >= 0.6 is 34.5 Å². The van der Waals surface area contributed by atoms with Crippen LogP contribution < -0.4 is 15.2 Å². The zero-order chi connectivity index (χ0) is 28.6. The maximum atomic E-state index is 14.9. The van der Waals surface area contributed by atoms with Crippen molar-refractivity contribution in [2.45, 2.75) is 31.8 Å². The molecule has 0 saturated carbocycles. The van der Waals surface area contributed by atoms with E-state index >= 15 is 0 Å². The second kappa shape index (κ2) is 9.24. The summed E-state index contributed by atoms with van der Waals surface area (Å²) in [4.78, 5) is 46.4. The highest BCUT2D eigenvalue weighted by Crippen LogP contribution is 2.55. The minimum Gasteiger partial charge on any atom is -0.450 e. The van der Waals surface area contributed by atoms with Crippen LogP contribution in [-0.2, 0) is 16.9 Å². The lowest BCUT2D eigenvalue weighted by molar-refractivity contribution is -0.121. The molecule has 4 heterocycles. The van der Waals surface area contributed by atoms with Crippen LogP contribution in [0.15, 0.2) is 75.9 Å². The van der Waals surface area contributed by atoms with Crippen molar-refractivity contribution in [1.82, 2.24) is 10.2 Å². The van der Waals surface area contributed by atoms with Crippen molar-refractivity contribution in [3.05, 3.63) is 114 Å². The normalized spacial score (nSPS) is 17.8. The van der Waals surface area contributed by atoms with Gasteiger partial charge in [-0.2, -0.15) is 0 Å². The number of aromatic nitrogens is 2. The Labute approximate surface area is 247 Å². The van der Waals surface area contributed by atoms with Gasteiger partial charge in [0.15, 0.2) is 11.0 Å². The first-order chi connectivity index (χ1) is 19.7. The molecule has 0 fully saturated rings. The molecule has 0 saturated heterocycles. The first kappa shape index (κ1) is 25.9. The molecular weight excluding hydrogens is 583 g/mol. The summed E-state index contributed by atoms with van der Waals surface area (Å²) in [5.74, 6) is -1.33. The Kier molecular flexibility index (Phi) is 5.83. The molecule has 0 bridgehead atoms. The summed E-state index contributed by atoms with van der Waals surface area (Å²) >= 11 is 13.9. The molecule has 0 N–H and O–H groups in total. The number of para-hydroxylation sites is 1. The van der Waals surface area contributed by atoms with Gasteiger partial charge < -0.3 is 9.32 Å². The first-order valence-corrected chi connectivity index (χ1v) is 14.4. The van der Waals surface area contributed by atoms with Crippen molar-refractivity contribution in [2.75, 3.05) is 9.80 Å². The van der Waals surface area contributed by atoms with E-state index in [2.05, 4.69) is 10.2 Å². The molecule has 3 aromatic carbocycles. The summed E-state index contributed by atoms with van der Waals surface area (Å²) < 4.78 is 6.10. The van der Waals surface area contributed by atoms with Crippen LogP contribution in [0.4, 0.5) is 10.8 Å². The Morgan fingerprint density at radius 3 is 2.49 bits per heavy atom. The van der Waals surface area contributed by atoms with Gasteiger partial charge in [0, 0.05) is 21.5 Å². The van der Waals surface area contributed by atoms with E-state index < -0.39 is 22.8 Å². The number of hydrogen-bond donors (Lipinski definition) is 0. The van der Waals surface area contributed by atoms with Gasteiger partial charge in [-0.1, -0.05) is 84.8 Å². The molecule has 7 rings (SSSR count). The average molecular weight is 603 g/mol. The highest BCUT2D eigenvalue weighted by Gasteiger charge is 2.66. The van der Waals surface area contributed by atoms with Crippen molar-refractivity contribution >= 4 is 68.1 Å². The zero-order valence-electron chi connectivity index (χ0n) is 21.7. The van der Waals surface area contributed by atoms with E-state index in [9.17, 15) is 14.4 Å². The second-order valence-corrected chi connectivity index (χ2v) is 12.0. The fourth-order valence-corrected chi connectivity index (χ4v) is 6.90. The Balaban J connectivity index is 1.56. The van der Waals surface area contributed by atoms with Crippen molar-refractivity contribution in [2.24, 2.45) is 0 Å². The highest BCUT2D eigenvalue weighted by molar-refractivity contribution is 7.15. The summed E-state index contributed by atoms with van der Waals surface area (Å²) in [6.45, 7) is 4.04. The number of amides is 2. The second-order valence-electron chi connectivity index (χ2n) is 10.2. The van der Waals surface area contributed by atoms with Crippen LogP contribution in [0.2, 0.25) is 10.0 Å². The molecule has 2 aliphatic heterocycles. The molecule has 0 aliphatic carbocycles. The number of carbonyl (C=O) groups excluding carboxylic acids is 2. The number of nitrogens with zero attached hydrogens (tertiary/aromatic N) is 4. The van der Waals surface area contributed by atoms with Crippen molar-refractivity contribution in [1.29, 1.82) is 0 Å². The van der Waals surface area contributed by atoms with Gasteiger partial charge in [-0.15, -0.1) is 10.2 Å². The third-order valence-corrected chi connectivity index (χ3v) is 9.30. The van der Waals surface area contributed by atoms with Crippen molar-refractivity contribution < 1.29 is 14.0 Å². The summed E-state index contributed by atoms with van der Waals surface area (Å²) in [5, 5.41) is 10.5. The Morgan fingerprint density at radius 1 is 0.976 bits per heavy atom. The predicted octanol–water partition coefficient (Wildman–Crippen LogP) is 6.53. The molecule has 41 heavy (non-hydrogen) atoms. The number of carbonyl (C=O) groups is 2. The molecule has 1 unspecified atom stereocenters. The lowest BCUT2D eigenvalue weighted by Crippen LogP contribution is -2.53. The minimum atomic E-state index is -1.88. The molecule has 1 spiro atoms. The van der Waals surface area contributed by atoms with Crippen LogP contribution in [0.25, 0.3) is 11.0 Å². The molecule has 11 heteroatoms. The summed E-state index contributed by atoms with van der Waals surface area (Å²) in [6, 6.07) is 18.9. The Hall–Kier alpha value is -4.05. The largest absolute Gasteiger partial charge is 0.450 e. The zero-order valence-corrected chi connectivity index (χ0v) is 24.0. The fraction of sp³-hybridized carbons (Fsp3) is 0.167. The van der Waals surface area contributed by atoms with E-state index in [1.165, 1.54) is 28.4 Å². The van der Waals surface area contributed by atoms with E-state index in [0.29, 0.717) is 31.9 Å². The number of hydrogen-bond acceptors (Lipinski definition) is 7. The Bertz CT molecular complexity index is 1990. The molecule has 5 aromatic rings. The Morgan fingerprint density at radius 2 is 1.73 bits per heavy atom. The molecule has 0 radical (unpaired) electrons. The molecule has 2 aliphatic rings. The summed E-state index contributed by atoms with van der Waals surface area (Å²) in [6.07, 6.45) is 0. The van der Waals surface area contributed by atoms with E-state index in [1.54, 1.807) is 41.3 Å². The number of rotatable bonds is 4. The van der Waals surface area contributed by atoms with Crippen LogP contribution in [0.5, 0.6) is 0 Å². The number of anilines is 2. The van der Waals surface area contributed by atoms with Gasteiger partial charge in [0.2, 0.25) is 10.9 Å². The van der Waals surface area contributed by atoms with Crippen LogP contribution in [0.1, 0.15) is 52.0 Å². The smallest absolute Gasteiger partial charge is 0.297 e. The lowest BCUT2D eigenvalue weighted by atomic mass is 9.84. The summed E-state index contributed by atoms with van der Waals surface area (Å²) in [7, 11) is 0. The van der Waals surface area contributed by atoms with Crippen LogP contribution in [0, 0.1) is 0 Å². The van der Waals surface area contributed by atoms with Crippen LogP contribution in [-0.4, -0.2) is 22.0 Å². The third-order valence-electron chi connectivity index (χ3n) is 7.49. The monoisotopic (exact) mass is 602 g/mol. The van der Waals surface area contributed by atoms with E-state index in [-0.39, 0.29) is 39.9 Å². The van der Waals surface area contributed by atoms with Gasteiger partial charge in [-0.05, 0) is 35.9 Å².